The number of hydrogen-bond acceptors (Lipinski definition) is 3. The van der Waals surface area contributed by atoms with Gasteiger partial charge in [-0.05, 0) is 37.1 Å². The van der Waals surface area contributed by atoms with Crippen LogP contribution in [0.25, 0.3) is 0 Å². The molecule has 1 aromatic rings. The number of benzene rings is 1. The number of rotatable bonds is 8. The summed E-state index contributed by atoms with van der Waals surface area (Å²) in [5.74, 6) is 0. The molecule has 0 amide bonds. The van der Waals surface area contributed by atoms with Crippen molar-refractivity contribution in [1.82, 2.24) is 10.2 Å². The van der Waals surface area contributed by atoms with E-state index in [0.717, 1.165) is 26.1 Å². The highest BCUT2D eigenvalue weighted by molar-refractivity contribution is 5.26. The first-order valence-corrected chi connectivity index (χ1v) is 7.24. The van der Waals surface area contributed by atoms with Crippen LogP contribution in [0, 0.1) is 16.7 Å². The summed E-state index contributed by atoms with van der Waals surface area (Å²) in [4.78, 5) is 2.19. The molecule has 0 aromatic heterocycles. The zero-order valence-electron chi connectivity index (χ0n) is 13.2. The molecule has 0 saturated heterocycles. The van der Waals surface area contributed by atoms with Gasteiger partial charge in [0.2, 0.25) is 0 Å². The van der Waals surface area contributed by atoms with Gasteiger partial charge in [-0.3, -0.25) is 0 Å². The van der Waals surface area contributed by atoms with E-state index in [4.69, 9.17) is 5.26 Å². The highest BCUT2D eigenvalue weighted by atomic mass is 15.0. The lowest BCUT2D eigenvalue weighted by Crippen LogP contribution is -2.29. The minimum Gasteiger partial charge on any atom is -0.312 e. The molecule has 0 aliphatic carbocycles. The van der Waals surface area contributed by atoms with Crippen LogP contribution in [0.15, 0.2) is 24.3 Å². The molecule has 0 heterocycles. The first-order chi connectivity index (χ1) is 9.44. The van der Waals surface area contributed by atoms with Crippen LogP contribution < -0.4 is 5.32 Å². The van der Waals surface area contributed by atoms with Crippen molar-refractivity contribution in [2.75, 3.05) is 20.6 Å². The smallest absolute Gasteiger partial charge is 0.0621 e. The van der Waals surface area contributed by atoms with Gasteiger partial charge in [-0.2, -0.15) is 5.26 Å². The minimum absolute atomic E-state index is 0.173. The van der Waals surface area contributed by atoms with Crippen LogP contribution in [0.1, 0.15) is 37.8 Å². The predicted octanol–water partition coefficient (Wildman–Crippen LogP) is 3.17. The lowest BCUT2D eigenvalue weighted by molar-refractivity contribution is 0.317. The lowest BCUT2D eigenvalue weighted by Gasteiger charge is -2.24. The van der Waals surface area contributed by atoms with Crippen LogP contribution in [0.2, 0.25) is 0 Å². The van der Waals surface area contributed by atoms with Crippen molar-refractivity contribution in [3.63, 3.8) is 0 Å². The second-order valence-electron chi connectivity index (χ2n) is 6.43. The predicted molar refractivity (Wildman–Crippen MR) is 84.2 cm³/mol. The van der Waals surface area contributed by atoms with Gasteiger partial charge in [0.25, 0.3) is 0 Å². The van der Waals surface area contributed by atoms with E-state index in [1.807, 2.05) is 0 Å². The summed E-state index contributed by atoms with van der Waals surface area (Å²) < 4.78 is 0. The fraction of sp³-hybridized carbons (Fsp3) is 0.588. The quantitative estimate of drug-likeness (QED) is 0.790. The first-order valence-electron chi connectivity index (χ1n) is 7.24. The molecular formula is C17H27N3. The Morgan fingerprint density at radius 2 is 1.85 bits per heavy atom. The molecule has 3 heteroatoms. The van der Waals surface area contributed by atoms with Gasteiger partial charge in [0.05, 0.1) is 6.07 Å². The van der Waals surface area contributed by atoms with E-state index < -0.39 is 0 Å². The van der Waals surface area contributed by atoms with E-state index in [1.54, 1.807) is 0 Å². The Kier molecular flexibility index (Phi) is 6.70. The summed E-state index contributed by atoms with van der Waals surface area (Å²) in [6.07, 6.45) is 1.57. The molecule has 1 N–H and O–H groups in total. The van der Waals surface area contributed by atoms with Gasteiger partial charge in [0.15, 0.2) is 0 Å². The standard InChI is InChI=1S/C17H27N3/c1-17(2,10-7-11-18)14-19-12-15-8-5-6-9-16(15)13-20(3)4/h5-6,8-9,19H,7,10,12-14H2,1-4H3. The molecule has 1 aromatic carbocycles. The molecule has 0 spiro atoms. The maximum atomic E-state index is 8.68. The average Bonchev–Trinajstić information content (AvgIpc) is 2.38. The van der Waals surface area contributed by atoms with Crippen LogP contribution in [0.3, 0.4) is 0 Å². The van der Waals surface area contributed by atoms with E-state index in [0.29, 0.717) is 6.42 Å². The third-order valence-electron chi connectivity index (χ3n) is 3.44. The molecule has 110 valence electrons. The SMILES string of the molecule is CN(C)Cc1ccccc1CNCC(C)(C)CCC#N. The van der Waals surface area contributed by atoms with Crippen molar-refractivity contribution in [1.29, 1.82) is 5.26 Å². The highest BCUT2D eigenvalue weighted by Crippen LogP contribution is 2.21. The van der Waals surface area contributed by atoms with E-state index in [-0.39, 0.29) is 5.41 Å². The Morgan fingerprint density at radius 3 is 2.45 bits per heavy atom. The molecule has 0 saturated carbocycles. The van der Waals surface area contributed by atoms with Crippen LogP contribution in [0.4, 0.5) is 0 Å². The number of nitriles is 1. The van der Waals surface area contributed by atoms with Gasteiger partial charge in [-0.1, -0.05) is 38.1 Å². The monoisotopic (exact) mass is 273 g/mol. The third-order valence-corrected chi connectivity index (χ3v) is 3.44. The summed E-state index contributed by atoms with van der Waals surface area (Å²) in [6.45, 7) is 7.22. The second-order valence-corrected chi connectivity index (χ2v) is 6.43. The fourth-order valence-electron chi connectivity index (χ4n) is 2.24. The Labute approximate surface area is 123 Å². The zero-order valence-corrected chi connectivity index (χ0v) is 13.2. The summed E-state index contributed by atoms with van der Waals surface area (Å²) in [5.41, 5.74) is 2.91. The highest BCUT2D eigenvalue weighted by Gasteiger charge is 2.16. The van der Waals surface area contributed by atoms with Gasteiger partial charge in [-0.15, -0.1) is 0 Å². The van der Waals surface area contributed by atoms with Crippen molar-refractivity contribution in [3.8, 4) is 6.07 Å². The average molecular weight is 273 g/mol. The summed E-state index contributed by atoms with van der Waals surface area (Å²) >= 11 is 0. The molecule has 0 aliphatic heterocycles. The van der Waals surface area contributed by atoms with Crippen molar-refractivity contribution in [3.05, 3.63) is 35.4 Å². The molecule has 3 nitrogen and oxygen atoms in total. The Bertz CT molecular complexity index is 444. The number of hydrogen-bond donors (Lipinski definition) is 1. The molecule has 0 radical (unpaired) electrons. The van der Waals surface area contributed by atoms with Crippen LogP contribution in [-0.4, -0.2) is 25.5 Å². The maximum absolute atomic E-state index is 8.68. The molecule has 0 aliphatic rings. The van der Waals surface area contributed by atoms with E-state index in [1.165, 1.54) is 11.1 Å². The normalized spacial score (nSPS) is 11.6. The van der Waals surface area contributed by atoms with E-state index in [2.05, 4.69) is 68.5 Å². The molecule has 0 unspecified atom stereocenters. The van der Waals surface area contributed by atoms with Gasteiger partial charge in [-0.25, -0.2) is 0 Å². The Morgan fingerprint density at radius 1 is 1.20 bits per heavy atom. The van der Waals surface area contributed by atoms with Gasteiger partial charge in [0, 0.05) is 26.1 Å². The van der Waals surface area contributed by atoms with Crippen LogP contribution in [0.5, 0.6) is 0 Å². The third kappa shape index (κ3) is 6.18. The Hall–Kier alpha value is -1.37. The molecule has 1 rings (SSSR count). The summed E-state index contributed by atoms with van der Waals surface area (Å²) in [7, 11) is 4.18. The maximum Gasteiger partial charge on any atom is 0.0621 e. The van der Waals surface area contributed by atoms with Gasteiger partial charge >= 0.3 is 0 Å². The second kappa shape index (κ2) is 8.04. The van der Waals surface area contributed by atoms with E-state index >= 15 is 0 Å². The first kappa shape index (κ1) is 16.7. The largest absolute Gasteiger partial charge is 0.312 e. The minimum atomic E-state index is 0.173. The Balaban J connectivity index is 2.51. The van der Waals surface area contributed by atoms with Gasteiger partial charge < -0.3 is 10.2 Å². The van der Waals surface area contributed by atoms with Crippen LogP contribution in [-0.2, 0) is 13.1 Å². The van der Waals surface area contributed by atoms with Crippen molar-refractivity contribution in [2.45, 2.75) is 39.8 Å². The molecule has 0 bridgehead atoms. The molecule has 0 atom stereocenters. The fourth-order valence-corrected chi connectivity index (χ4v) is 2.24. The van der Waals surface area contributed by atoms with Crippen LogP contribution >= 0.6 is 0 Å². The topological polar surface area (TPSA) is 39.1 Å². The summed E-state index contributed by atoms with van der Waals surface area (Å²) in [6, 6.07) is 10.8. The van der Waals surface area contributed by atoms with Crippen molar-refractivity contribution >= 4 is 0 Å². The van der Waals surface area contributed by atoms with Crippen molar-refractivity contribution in [2.24, 2.45) is 5.41 Å². The van der Waals surface area contributed by atoms with Crippen molar-refractivity contribution < 1.29 is 0 Å². The lowest BCUT2D eigenvalue weighted by atomic mass is 9.88. The van der Waals surface area contributed by atoms with E-state index in [9.17, 15) is 0 Å². The molecular weight excluding hydrogens is 246 g/mol. The van der Waals surface area contributed by atoms with Gasteiger partial charge in [0.1, 0.15) is 0 Å². The zero-order chi connectivity index (χ0) is 15.0. The molecule has 20 heavy (non-hydrogen) atoms. The summed E-state index contributed by atoms with van der Waals surface area (Å²) in [5, 5.41) is 12.2. The molecule has 0 fully saturated rings. The number of nitrogens with one attached hydrogen (secondary N) is 1. The number of nitrogens with zero attached hydrogens (tertiary/aromatic N) is 2.